The highest BCUT2D eigenvalue weighted by Gasteiger charge is 2.36. The van der Waals surface area contributed by atoms with Gasteiger partial charge >= 0.3 is 6.36 Å². The Hall–Kier alpha value is -3.17. The van der Waals surface area contributed by atoms with Crippen molar-refractivity contribution in [2.24, 2.45) is 5.92 Å². The number of rotatable bonds is 4. The second-order valence-corrected chi connectivity index (χ2v) is 6.06. The molecule has 0 radical (unpaired) electrons. The van der Waals surface area contributed by atoms with Gasteiger partial charge in [-0.05, 0) is 36.4 Å². The van der Waals surface area contributed by atoms with E-state index in [-0.39, 0.29) is 24.3 Å². The smallest absolute Gasteiger partial charge is 0.406 e. The lowest BCUT2D eigenvalue weighted by atomic mass is 10.1. The van der Waals surface area contributed by atoms with Crippen molar-refractivity contribution in [1.82, 2.24) is 0 Å². The van der Waals surface area contributed by atoms with Gasteiger partial charge in [-0.25, -0.2) is 8.78 Å². The number of benzene rings is 2. The van der Waals surface area contributed by atoms with Crippen LogP contribution in [0.5, 0.6) is 5.75 Å². The lowest BCUT2D eigenvalue weighted by Crippen LogP contribution is -2.28. The van der Waals surface area contributed by atoms with E-state index in [1.165, 1.54) is 12.1 Å². The summed E-state index contributed by atoms with van der Waals surface area (Å²) in [6.07, 6.45) is -5.01. The van der Waals surface area contributed by atoms with Crippen molar-refractivity contribution in [3.8, 4) is 5.75 Å². The van der Waals surface area contributed by atoms with Crippen LogP contribution < -0.4 is 15.0 Å². The van der Waals surface area contributed by atoms with Crippen LogP contribution in [0.4, 0.5) is 33.3 Å². The Morgan fingerprint density at radius 3 is 2.39 bits per heavy atom. The lowest BCUT2D eigenvalue weighted by molar-refractivity contribution is -0.274. The Bertz CT molecular complexity index is 899. The monoisotopic (exact) mass is 400 g/mol. The molecular weight excluding hydrogens is 387 g/mol. The molecule has 28 heavy (non-hydrogen) atoms. The van der Waals surface area contributed by atoms with Gasteiger partial charge in [-0.2, -0.15) is 0 Å². The summed E-state index contributed by atoms with van der Waals surface area (Å²) < 4.78 is 67.1. The summed E-state index contributed by atoms with van der Waals surface area (Å²) in [5, 5.41) is 2.48. The van der Waals surface area contributed by atoms with E-state index in [0.717, 1.165) is 29.2 Å². The maximum atomic E-state index is 13.9. The van der Waals surface area contributed by atoms with Crippen LogP contribution >= 0.6 is 0 Å². The first-order chi connectivity index (χ1) is 13.1. The molecule has 1 heterocycles. The number of amides is 2. The molecule has 1 saturated heterocycles. The number of halogens is 5. The zero-order valence-corrected chi connectivity index (χ0v) is 14.1. The van der Waals surface area contributed by atoms with Crippen LogP contribution in [0.1, 0.15) is 6.42 Å². The SMILES string of the molecule is O=C(Nc1ccc(OC(F)(F)F)cc1)C1CC(=O)N(c2ccc(F)cc2F)C1. The molecule has 10 heteroatoms. The number of hydrogen-bond acceptors (Lipinski definition) is 3. The third-order valence-corrected chi connectivity index (χ3v) is 4.05. The van der Waals surface area contributed by atoms with Gasteiger partial charge in [0.15, 0.2) is 0 Å². The first kappa shape index (κ1) is 19.6. The van der Waals surface area contributed by atoms with Crippen molar-refractivity contribution in [3.05, 3.63) is 54.1 Å². The van der Waals surface area contributed by atoms with E-state index in [2.05, 4.69) is 10.1 Å². The summed E-state index contributed by atoms with van der Waals surface area (Å²) in [5.74, 6) is -4.01. The Kier molecular flexibility index (Phi) is 5.21. The molecule has 1 atom stereocenters. The van der Waals surface area contributed by atoms with Gasteiger partial charge in [0, 0.05) is 24.7 Å². The van der Waals surface area contributed by atoms with Gasteiger partial charge in [-0.15, -0.1) is 13.2 Å². The standard InChI is InChI=1S/C18H13F5N2O3/c19-11-1-6-15(14(20)8-11)25-9-10(7-16(25)26)17(27)24-12-2-4-13(5-3-12)28-18(21,22)23/h1-6,8,10H,7,9H2,(H,24,27). The van der Waals surface area contributed by atoms with E-state index in [9.17, 15) is 31.5 Å². The Balaban J connectivity index is 1.65. The first-order valence-electron chi connectivity index (χ1n) is 8.04. The number of carbonyl (C=O) groups is 2. The second-order valence-electron chi connectivity index (χ2n) is 6.06. The quantitative estimate of drug-likeness (QED) is 0.794. The van der Waals surface area contributed by atoms with Crippen LogP contribution in [0.15, 0.2) is 42.5 Å². The molecule has 0 aliphatic carbocycles. The van der Waals surface area contributed by atoms with Crippen LogP contribution in [0, 0.1) is 17.6 Å². The molecule has 2 aromatic carbocycles. The number of nitrogens with zero attached hydrogens (tertiary/aromatic N) is 1. The molecule has 0 saturated carbocycles. The Morgan fingerprint density at radius 1 is 1.11 bits per heavy atom. The summed E-state index contributed by atoms with van der Waals surface area (Å²) in [6, 6.07) is 7.25. The predicted molar refractivity (Wildman–Crippen MR) is 88.6 cm³/mol. The van der Waals surface area contributed by atoms with Crippen molar-refractivity contribution < 1.29 is 36.3 Å². The Labute approximate surface area is 155 Å². The molecule has 1 aliphatic rings. The largest absolute Gasteiger partial charge is 0.573 e. The molecule has 148 valence electrons. The number of nitrogens with one attached hydrogen (secondary N) is 1. The minimum absolute atomic E-state index is 0.109. The molecule has 5 nitrogen and oxygen atoms in total. The molecule has 0 spiro atoms. The average molecular weight is 400 g/mol. The molecule has 0 bridgehead atoms. The molecule has 1 fully saturated rings. The van der Waals surface area contributed by atoms with Gasteiger partial charge in [0.1, 0.15) is 17.4 Å². The summed E-state index contributed by atoms with van der Waals surface area (Å²) >= 11 is 0. The van der Waals surface area contributed by atoms with Crippen molar-refractivity contribution in [2.45, 2.75) is 12.8 Å². The molecular formula is C18H13F5N2O3. The van der Waals surface area contributed by atoms with E-state index < -0.39 is 41.5 Å². The second kappa shape index (κ2) is 7.45. The van der Waals surface area contributed by atoms with E-state index in [0.29, 0.717) is 6.07 Å². The fourth-order valence-electron chi connectivity index (χ4n) is 2.80. The predicted octanol–water partition coefficient (Wildman–Crippen LogP) is 3.86. The third-order valence-electron chi connectivity index (χ3n) is 4.05. The number of anilines is 2. The van der Waals surface area contributed by atoms with Gasteiger partial charge in [0.05, 0.1) is 11.6 Å². The van der Waals surface area contributed by atoms with E-state index in [4.69, 9.17) is 0 Å². The molecule has 0 aromatic heterocycles. The lowest BCUT2D eigenvalue weighted by Gasteiger charge is -2.17. The maximum absolute atomic E-state index is 13.9. The maximum Gasteiger partial charge on any atom is 0.573 e. The molecule has 1 N–H and O–H groups in total. The fourth-order valence-corrected chi connectivity index (χ4v) is 2.80. The van der Waals surface area contributed by atoms with Crippen molar-refractivity contribution in [3.63, 3.8) is 0 Å². The van der Waals surface area contributed by atoms with Gasteiger partial charge in [0.2, 0.25) is 11.8 Å². The zero-order chi connectivity index (χ0) is 20.5. The van der Waals surface area contributed by atoms with Gasteiger partial charge in [-0.3, -0.25) is 9.59 Å². The van der Waals surface area contributed by atoms with Crippen molar-refractivity contribution >= 4 is 23.2 Å². The van der Waals surface area contributed by atoms with Crippen LogP contribution in [0.25, 0.3) is 0 Å². The topological polar surface area (TPSA) is 58.6 Å². The zero-order valence-electron chi connectivity index (χ0n) is 14.1. The van der Waals surface area contributed by atoms with Crippen LogP contribution in [0.2, 0.25) is 0 Å². The van der Waals surface area contributed by atoms with E-state index in [1.807, 2.05) is 0 Å². The average Bonchev–Trinajstić information content (AvgIpc) is 2.97. The fraction of sp³-hybridized carbons (Fsp3) is 0.222. The number of hydrogen-bond donors (Lipinski definition) is 1. The normalized spacial score (nSPS) is 17.0. The minimum Gasteiger partial charge on any atom is -0.406 e. The molecule has 2 aromatic rings. The van der Waals surface area contributed by atoms with Gasteiger partial charge < -0.3 is 15.0 Å². The van der Waals surface area contributed by atoms with Gasteiger partial charge in [0.25, 0.3) is 0 Å². The van der Waals surface area contributed by atoms with E-state index in [1.54, 1.807) is 0 Å². The van der Waals surface area contributed by atoms with Crippen LogP contribution in [-0.4, -0.2) is 24.7 Å². The van der Waals surface area contributed by atoms with Crippen LogP contribution in [-0.2, 0) is 9.59 Å². The minimum atomic E-state index is -4.83. The number of ether oxygens (including phenoxy) is 1. The highest BCUT2D eigenvalue weighted by molar-refractivity contribution is 6.03. The summed E-state index contributed by atoms with van der Waals surface area (Å²) in [7, 11) is 0. The first-order valence-corrected chi connectivity index (χ1v) is 8.04. The summed E-state index contributed by atoms with van der Waals surface area (Å²) in [4.78, 5) is 25.5. The third kappa shape index (κ3) is 4.56. The molecule has 3 rings (SSSR count). The highest BCUT2D eigenvalue weighted by atomic mass is 19.4. The molecule has 1 aliphatic heterocycles. The van der Waals surface area contributed by atoms with Crippen molar-refractivity contribution in [1.29, 1.82) is 0 Å². The summed E-state index contributed by atoms with van der Waals surface area (Å²) in [5.41, 5.74) is 0.0775. The number of carbonyl (C=O) groups excluding carboxylic acids is 2. The number of alkyl halides is 3. The molecule has 1 unspecified atom stereocenters. The van der Waals surface area contributed by atoms with Crippen LogP contribution in [0.3, 0.4) is 0 Å². The Morgan fingerprint density at radius 2 is 1.79 bits per heavy atom. The highest BCUT2D eigenvalue weighted by Crippen LogP contribution is 2.29. The summed E-state index contributed by atoms with van der Waals surface area (Å²) in [6.45, 7) is -0.109. The van der Waals surface area contributed by atoms with E-state index >= 15 is 0 Å². The molecule has 2 amide bonds. The van der Waals surface area contributed by atoms with Gasteiger partial charge in [-0.1, -0.05) is 0 Å². The van der Waals surface area contributed by atoms with Crippen molar-refractivity contribution in [2.75, 3.05) is 16.8 Å².